The van der Waals surface area contributed by atoms with Crippen LogP contribution < -0.4 is 20.7 Å². The molecule has 0 saturated carbocycles. The van der Waals surface area contributed by atoms with Crippen molar-refractivity contribution in [3.05, 3.63) is 58.1 Å². The van der Waals surface area contributed by atoms with Crippen LogP contribution in [0.4, 0.5) is 19.3 Å². The maximum atomic E-state index is 14.3. The van der Waals surface area contributed by atoms with E-state index in [9.17, 15) is 18.4 Å². The summed E-state index contributed by atoms with van der Waals surface area (Å²) in [6.45, 7) is 0.201. The van der Waals surface area contributed by atoms with E-state index >= 15 is 0 Å². The highest BCUT2D eigenvalue weighted by molar-refractivity contribution is 9.10. The van der Waals surface area contributed by atoms with Crippen molar-refractivity contribution in [1.29, 1.82) is 0 Å². The molecule has 6 nitrogen and oxygen atoms in total. The van der Waals surface area contributed by atoms with E-state index in [1.807, 2.05) is 0 Å². The Morgan fingerprint density at radius 2 is 1.90 bits per heavy atom. The molecule has 0 aromatic heterocycles. The molecule has 1 aliphatic heterocycles. The smallest absolute Gasteiger partial charge is 0.319 e. The van der Waals surface area contributed by atoms with Crippen molar-refractivity contribution in [2.45, 2.75) is 18.9 Å². The minimum Gasteiger partial charge on any atom is -0.497 e. The predicted octanol–water partition coefficient (Wildman–Crippen LogP) is 3.60. The number of ether oxygens (including phenoxy) is 1. The molecule has 2 aromatic rings. The number of hydrogen-bond acceptors (Lipinski definition) is 3. The lowest BCUT2D eigenvalue weighted by Crippen LogP contribution is -2.53. The molecule has 3 N–H and O–H groups in total. The van der Waals surface area contributed by atoms with Crippen LogP contribution in [0.15, 0.2) is 40.9 Å². The molecule has 2 atom stereocenters. The van der Waals surface area contributed by atoms with Crippen molar-refractivity contribution < 1.29 is 23.1 Å². The van der Waals surface area contributed by atoms with Gasteiger partial charge in [-0.25, -0.2) is 13.6 Å². The number of rotatable bonds is 5. The molecule has 3 amide bonds. The minimum atomic E-state index is -0.725. The van der Waals surface area contributed by atoms with Gasteiger partial charge in [0.05, 0.1) is 7.11 Å². The first-order valence-corrected chi connectivity index (χ1v) is 9.76. The summed E-state index contributed by atoms with van der Waals surface area (Å²) in [5.41, 5.74) is 0.474. The average molecular weight is 468 g/mol. The van der Waals surface area contributed by atoms with Crippen molar-refractivity contribution in [3.8, 4) is 5.75 Å². The van der Waals surface area contributed by atoms with Gasteiger partial charge in [-0.1, -0.05) is 15.9 Å². The molecule has 0 radical (unpaired) electrons. The van der Waals surface area contributed by atoms with E-state index in [0.29, 0.717) is 5.69 Å². The second kappa shape index (κ2) is 9.21. The minimum absolute atomic E-state index is 0.0190. The number of amides is 3. The normalized spacial score (nSPS) is 18.7. The van der Waals surface area contributed by atoms with Gasteiger partial charge in [0.15, 0.2) is 0 Å². The molecule has 0 spiro atoms. The second-order valence-electron chi connectivity index (χ2n) is 6.75. The van der Waals surface area contributed by atoms with E-state index in [4.69, 9.17) is 4.74 Å². The maximum absolute atomic E-state index is 14.3. The van der Waals surface area contributed by atoms with Crippen LogP contribution in [0.3, 0.4) is 0 Å². The highest BCUT2D eigenvalue weighted by Gasteiger charge is 2.32. The van der Waals surface area contributed by atoms with E-state index in [2.05, 4.69) is 31.9 Å². The Morgan fingerprint density at radius 1 is 1.24 bits per heavy atom. The van der Waals surface area contributed by atoms with Gasteiger partial charge in [-0.05, 0) is 30.7 Å². The molecule has 1 heterocycles. The summed E-state index contributed by atoms with van der Waals surface area (Å²) < 4.78 is 34.4. The third-order valence-corrected chi connectivity index (χ3v) is 5.30. The molecule has 1 saturated heterocycles. The molecule has 3 rings (SSSR count). The van der Waals surface area contributed by atoms with Gasteiger partial charge >= 0.3 is 6.03 Å². The van der Waals surface area contributed by atoms with Crippen LogP contribution in [-0.2, 0) is 11.2 Å². The van der Waals surface area contributed by atoms with Crippen molar-refractivity contribution in [2.75, 3.05) is 19.0 Å². The van der Waals surface area contributed by atoms with E-state index in [0.717, 1.165) is 16.6 Å². The largest absolute Gasteiger partial charge is 0.497 e. The number of methoxy groups -OCH3 is 1. The van der Waals surface area contributed by atoms with Crippen molar-refractivity contribution in [3.63, 3.8) is 0 Å². The maximum Gasteiger partial charge on any atom is 0.319 e. The van der Waals surface area contributed by atoms with Crippen LogP contribution >= 0.6 is 15.9 Å². The zero-order valence-electron chi connectivity index (χ0n) is 15.6. The van der Waals surface area contributed by atoms with Crippen LogP contribution in [0.25, 0.3) is 0 Å². The Kier molecular flexibility index (Phi) is 6.68. The predicted molar refractivity (Wildman–Crippen MR) is 108 cm³/mol. The number of urea groups is 1. The molecule has 0 aliphatic carbocycles. The fourth-order valence-electron chi connectivity index (χ4n) is 3.23. The fraction of sp³-hybridized carbons (Fsp3) is 0.300. The first kappa shape index (κ1) is 21.0. The number of nitrogens with one attached hydrogen (secondary N) is 3. The zero-order valence-corrected chi connectivity index (χ0v) is 17.2. The Hall–Kier alpha value is -2.68. The number of carbonyl (C=O) groups is 2. The molecular weight excluding hydrogens is 448 g/mol. The van der Waals surface area contributed by atoms with Crippen LogP contribution in [-0.4, -0.2) is 31.6 Å². The van der Waals surface area contributed by atoms with Crippen LogP contribution in [0.5, 0.6) is 5.75 Å². The van der Waals surface area contributed by atoms with Gasteiger partial charge in [0.2, 0.25) is 5.91 Å². The molecule has 2 aromatic carbocycles. The Labute approximate surface area is 175 Å². The highest BCUT2D eigenvalue weighted by Crippen LogP contribution is 2.26. The Balaban J connectivity index is 1.71. The van der Waals surface area contributed by atoms with E-state index in [-0.39, 0.29) is 42.5 Å². The van der Waals surface area contributed by atoms with Crippen LogP contribution in [0, 0.1) is 17.6 Å². The Morgan fingerprint density at radius 3 is 2.52 bits per heavy atom. The van der Waals surface area contributed by atoms with Gasteiger partial charge in [-0.15, -0.1) is 0 Å². The number of hydrogen-bond donors (Lipinski definition) is 3. The first-order valence-electron chi connectivity index (χ1n) is 8.97. The topological polar surface area (TPSA) is 79.5 Å². The van der Waals surface area contributed by atoms with Gasteiger partial charge in [0.1, 0.15) is 17.4 Å². The third kappa shape index (κ3) is 5.44. The third-order valence-electron chi connectivity index (χ3n) is 4.77. The summed E-state index contributed by atoms with van der Waals surface area (Å²) >= 11 is 3.32. The van der Waals surface area contributed by atoms with E-state index in [1.54, 1.807) is 24.3 Å². The Bertz CT molecular complexity index is 885. The fourth-order valence-corrected chi connectivity index (χ4v) is 3.50. The highest BCUT2D eigenvalue weighted by atomic mass is 79.9. The average Bonchev–Trinajstić information content (AvgIpc) is 2.67. The van der Waals surface area contributed by atoms with E-state index in [1.165, 1.54) is 7.11 Å². The van der Waals surface area contributed by atoms with Crippen molar-refractivity contribution in [1.82, 2.24) is 10.6 Å². The number of piperidine rings is 1. The second-order valence-corrected chi connectivity index (χ2v) is 7.67. The zero-order chi connectivity index (χ0) is 21.0. The van der Waals surface area contributed by atoms with Gasteiger partial charge < -0.3 is 20.7 Å². The van der Waals surface area contributed by atoms with Crippen LogP contribution in [0.1, 0.15) is 12.0 Å². The van der Waals surface area contributed by atoms with Gasteiger partial charge in [-0.3, -0.25) is 4.79 Å². The van der Waals surface area contributed by atoms with Crippen LogP contribution in [0.2, 0.25) is 0 Å². The summed E-state index contributed by atoms with van der Waals surface area (Å²) in [4.78, 5) is 24.2. The summed E-state index contributed by atoms with van der Waals surface area (Å²) in [6.07, 6.45) is 0.0446. The standard InChI is InChI=1S/C20H20BrF2N3O3/c1-29-14-7-16(22)15(17(23)8-14)6-11-10-24-19(27)9-18(11)26-20(28)25-13-4-2-12(21)3-5-13/h2-5,7-8,11,18H,6,9-10H2,1H3,(H,24,27)(H2,25,26,28). The molecule has 1 fully saturated rings. The number of carbonyl (C=O) groups excluding carboxylic acids is 2. The molecular formula is C20H20BrF2N3O3. The number of anilines is 1. The lowest BCUT2D eigenvalue weighted by Gasteiger charge is -2.32. The molecule has 29 heavy (non-hydrogen) atoms. The SMILES string of the molecule is COc1cc(F)c(CC2CNC(=O)CC2NC(=O)Nc2ccc(Br)cc2)c(F)c1. The number of benzene rings is 2. The number of halogens is 3. The molecule has 9 heteroatoms. The summed E-state index contributed by atoms with van der Waals surface area (Å²) in [5, 5.41) is 8.13. The van der Waals surface area contributed by atoms with E-state index < -0.39 is 23.7 Å². The van der Waals surface area contributed by atoms with Gasteiger partial charge in [0, 0.05) is 52.8 Å². The lowest BCUT2D eigenvalue weighted by atomic mass is 9.87. The quantitative estimate of drug-likeness (QED) is 0.628. The summed E-state index contributed by atoms with van der Waals surface area (Å²) in [6, 6.07) is 8.16. The van der Waals surface area contributed by atoms with Crippen molar-refractivity contribution >= 4 is 33.6 Å². The lowest BCUT2D eigenvalue weighted by molar-refractivity contribution is -0.123. The van der Waals surface area contributed by atoms with Gasteiger partial charge in [0.25, 0.3) is 0 Å². The summed E-state index contributed by atoms with van der Waals surface area (Å²) in [5.74, 6) is -1.97. The monoisotopic (exact) mass is 467 g/mol. The summed E-state index contributed by atoms with van der Waals surface area (Å²) in [7, 11) is 1.33. The first-order chi connectivity index (χ1) is 13.9. The van der Waals surface area contributed by atoms with Gasteiger partial charge in [-0.2, -0.15) is 0 Å². The molecule has 2 unspecified atom stereocenters. The van der Waals surface area contributed by atoms with Crippen molar-refractivity contribution in [2.24, 2.45) is 5.92 Å². The molecule has 1 aliphatic rings. The molecule has 0 bridgehead atoms. The molecule has 154 valence electrons.